The molecule has 2 radical (unpaired) electrons. The average molecular weight is 973 g/mol. The van der Waals surface area contributed by atoms with Gasteiger partial charge in [-0.25, -0.2) is 15.2 Å². The maximum atomic E-state index is 14.9. The molecule has 4 aromatic rings. The summed E-state index contributed by atoms with van der Waals surface area (Å²) in [6.45, 7) is 15.3. The number of nitrogens with one attached hydrogen (secondary N) is 1. The zero-order valence-electron chi connectivity index (χ0n) is 41.7. The van der Waals surface area contributed by atoms with Crippen LogP contribution >= 0.6 is 11.3 Å². The van der Waals surface area contributed by atoms with Crippen LogP contribution in [0.15, 0.2) is 71.8 Å². The number of urea groups is 1. The van der Waals surface area contributed by atoms with Crippen molar-refractivity contribution in [3.8, 4) is 11.3 Å². The van der Waals surface area contributed by atoms with Crippen LogP contribution in [0.1, 0.15) is 95.1 Å². The van der Waals surface area contributed by atoms with E-state index in [4.69, 9.17) is 14.5 Å². The van der Waals surface area contributed by atoms with Gasteiger partial charge in [0.1, 0.15) is 12.1 Å². The maximum absolute atomic E-state index is 14.9. The number of aromatic nitrogens is 2. The summed E-state index contributed by atoms with van der Waals surface area (Å²) in [5.74, 6) is -1.52. The summed E-state index contributed by atoms with van der Waals surface area (Å²) >= 11 is 1.52. The summed E-state index contributed by atoms with van der Waals surface area (Å²) in [5.41, 5.74) is 11.0. The fourth-order valence-electron chi connectivity index (χ4n) is 11.2. The Balaban J connectivity index is 1.06. The lowest BCUT2D eigenvalue weighted by atomic mass is 9.83. The third kappa shape index (κ3) is 9.53. The highest BCUT2D eigenvalue weighted by Crippen LogP contribution is 2.42. The van der Waals surface area contributed by atoms with Crippen LogP contribution in [-0.2, 0) is 43.2 Å². The van der Waals surface area contributed by atoms with Crippen LogP contribution in [-0.4, -0.2) is 139 Å². The number of likely N-dealkylation sites (tertiary alicyclic amines) is 1. The van der Waals surface area contributed by atoms with Crippen molar-refractivity contribution in [3.05, 3.63) is 93.6 Å². The van der Waals surface area contributed by atoms with Crippen LogP contribution in [0, 0.1) is 17.3 Å². The molecule has 1 N–H and O–H groups in total. The number of esters is 1. The molecule has 1 unspecified atom stereocenters. The normalized spacial score (nSPS) is 23.9. The van der Waals surface area contributed by atoms with E-state index in [1.165, 1.54) is 16.9 Å². The van der Waals surface area contributed by atoms with Crippen molar-refractivity contribution in [1.82, 2.24) is 39.3 Å². The SMILES string of the molecule is CCn1c(C2=C([C@H](C)OC)N(C)CC=C2)c2c3cc(ccc31)-c1csc(n1)C[C@H](C1[Si]N1C(=O)[C@H](C(C)C)N(C)C(=O)N1CCC[C@H]1c1ccccc1)C(=O)N1CCC[C@H](N1)C(=O)OCC(C)(C)C2. The van der Waals surface area contributed by atoms with Crippen molar-refractivity contribution >= 4 is 61.3 Å². The van der Waals surface area contributed by atoms with E-state index in [0.717, 1.165) is 75.6 Å². The Kier molecular flexibility index (Phi) is 14.0. The summed E-state index contributed by atoms with van der Waals surface area (Å²) in [5, 5.41) is 5.57. The number of hydrogen-bond acceptors (Lipinski definition) is 10. The van der Waals surface area contributed by atoms with Crippen LogP contribution in [0.3, 0.4) is 0 Å². The second-order valence-corrected chi connectivity index (χ2v) is 22.9. The topological polar surface area (TPSA) is 133 Å². The molecular formula is C53H68N8O6SSi. The number of aryl methyl sites for hydroxylation is 1. The van der Waals surface area contributed by atoms with Gasteiger partial charge in [0.25, 0.3) is 0 Å². The van der Waals surface area contributed by atoms with Gasteiger partial charge in [0, 0.05) is 92.3 Å². The van der Waals surface area contributed by atoms with Crippen molar-refractivity contribution in [2.75, 3.05) is 47.4 Å². The lowest BCUT2D eigenvalue weighted by Gasteiger charge is -2.37. The number of cyclic esters (lactones) is 1. The fourth-order valence-corrected chi connectivity index (χ4v) is 13.3. The van der Waals surface area contributed by atoms with Gasteiger partial charge in [-0.15, -0.1) is 11.3 Å². The number of nitrogens with zero attached hydrogens (tertiary/aromatic N) is 7. The summed E-state index contributed by atoms with van der Waals surface area (Å²) in [6.07, 6.45) is 8.17. The number of hydrazine groups is 1. The number of rotatable bonds is 9. The van der Waals surface area contributed by atoms with Crippen LogP contribution in [0.5, 0.6) is 0 Å². The number of fused-ring (bicyclic) bond motifs is 6. The van der Waals surface area contributed by atoms with Crippen LogP contribution < -0.4 is 5.43 Å². The van der Waals surface area contributed by atoms with Gasteiger partial charge in [-0.3, -0.25) is 19.4 Å². The number of hydrogen-bond donors (Lipinski definition) is 1. The first-order chi connectivity index (χ1) is 33.1. The second-order valence-electron chi connectivity index (χ2n) is 20.6. The van der Waals surface area contributed by atoms with E-state index in [1.54, 1.807) is 28.6 Å². The lowest BCUT2D eigenvalue weighted by Crippen LogP contribution is -2.58. The van der Waals surface area contributed by atoms with Crippen molar-refractivity contribution in [1.29, 1.82) is 0 Å². The number of amides is 4. The van der Waals surface area contributed by atoms with Gasteiger partial charge in [-0.1, -0.05) is 76.2 Å². The highest BCUT2D eigenvalue weighted by molar-refractivity contribution is 7.10. The monoisotopic (exact) mass is 972 g/mol. The molecule has 2 aromatic heterocycles. The molecule has 5 aliphatic rings. The third-order valence-corrected chi connectivity index (χ3v) is 17.1. The predicted molar refractivity (Wildman–Crippen MR) is 271 cm³/mol. The first kappa shape index (κ1) is 48.7. The van der Waals surface area contributed by atoms with E-state index in [9.17, 15) is 19.2 Å². The first-order valence-electron chi connectivity index (χ1n) is 24.8. The number of methoxy groups -OCH3 is 1. The Morgan fingerprint density at radius 3 is 2.58 bits per heavy atom. The van der Waals surface area contributed by atoms with Gasteiger partial charge in [0.05, 0.1) is 46.8 Å². The van der Waals surface area contributed by atoms with E-state index >= 15 is 0 Å². The summed E-state index contributed by atoms with van der Waals surface area (Å²) in [6, 6.07) is 15.1. The zero-order chi connectivity index (χ0) is 48.9. The van der Waals surface area contributed by atoms with Gasteiger partial charge in [0.2, 0.25) is 21.5 Å². The molecule has 4 amide bonds. The molecule has 0 saturated carbocycles. The summed E-state index contributed by atoms with van der Waals surface area (Å²) < 4.78 is 16.4. The highest BCUT2D eigenvalue weighted by atomic mass is 32.1. The van der Waals surface area contributed by atoms with E-state index in [1.807, 2.05) is 36.9 Å². The number of likely N-dealkylation sites (N-methyl/N-ethyl adjacent to an activating group) is 2. The zero-order valence-corrected chi connectivity index (χ0v) is 43.5. The second kappa shape index (κ2) is 19.8. The molecule has 366 valence electrons. The maximum Gasteiger partial charge on any atom is 0.324 e. The van der Waals surface area contributed by atoms with Crippen LogP contribution in [0.2, 0.25) is 0 Å². The minimum atomic E-state index is -0.714. The fraction of sp³-hybridized carbons (Fsp3) is 0.528. The summed E-state index contributed by atoms with van der Waals surface area (Å²) in [7, 11) is 5.67. The average Bonchev–Trinajstić information content (AvgIpc) is 3.60. The molecule has 16 heteroatoms. The Morgan fingerprint density at radius 1 is 1.07 bits per heavy atom. The number of carbonyl (C=O) groups excluding carboxylic acids is 4. The van der Waals surface area contributed by atoms with E-state index in [2.05, 4.69) is 97.5 Å². The van der Waals surface area contributed by atoms with E-state index < -0.39 is 23.4 Å². The largest absolute Gasteiger partial charge is 0.464 e. The van der Waals surface area contributed by atoms with Crippen LogP contribution in [0.4, 0.5) is 4.79 Å². The molecule has 7 heterocycles. The molecule has 5 aliphatic heterocycles. The van der Waals surface area contributed by atoms with Gasteiger partial charge < -0.3 is 33.3 Å². The van der Waals surface area contributed by atoms with Crippen LogP contribution in [0.25, 0.3) is 27.7 Å². The van der Waals surface area contributed by atoms with Gasteiger partial charge in [0.15, 0.2) is 0 Å². The Bertz CT molecular complexity index is 2660. The molecule has 0 aliphatic carbocycles. The van der Waals surface area contributed by atoms with Crippen molar-refractivity contribution < 1.29 is 28.7 Å². The number of allylic oxidation sites excluding steroid dienone is 2. The molecule has 3 saturated heterocycles. The molecule has 14 nitrogen and oxygen atoms in total. The number of thiazole rings is 1. The van der Waals surface area contributed by atoms with Crippen molar-refractivity contribution in [2.45, 2.75) is 117 Å². The quantitative estimate of drug-likeness (QED) is 0.103. The Hall–Kier alpha value is -5.29. The predicted octanol–water partition coefficient (Wildman–Crippen LogP) is 7.51. The van der Waals surface area contributed by atoms with Gasteiger partial charge in [-0.05, 0) is 75.1 Å². The number of ether oxygens (including phenoxy) is 2. The van der Waals surface area contributed by atoms with Gasteiger partial charge >= 0.3 is 12.0 Å². The first-order valence-corrected chi connectivity index (χ1v) is 26.7. The number of carbonyl (C=O) groups is 4. The van der Waals surface area contributed by atoms with Crippen molar-refractivity contribution in [2.24, 2.45) is 17.3 Å². The lowest BCUT2D eigenvalue weighted by molar-refractivity contribution is -0.155. The molecule has 69 heavy (non-hydrogen) atoms. The molecule has 3 fully saturated rings. The third-order valence-electron chi connectivity index (χ3n) is 14.8. The minimum absolute atomic E-state index is 0.0476. The summed E-state index contributed by atoms with van der Waals surface area (Å²) in [4.78, 5) is 69.0. The number of benzene rings is 2. The van der Waals surface area contributed by atoms with E-state index in [0.29, 0.717) is 38.8 Å². The molecule has 2 aromatic carbocycles. The minimum Gasteiger partial charge on any atom is -0.464 e. The molecule has 9 rings (SSSR count). The van der Waals surface area contributed by atoms with E-state index in [-0.39, 0.29) is 63.8 Å². The van der Waals surface area contributed by atoms with Crippen molar-refractivity contribution in [3.63, 3.8) is 0 Å². The standard InChI is InChI=1S/C53H68N8O6SSi/c1-10-58-43-23-22-35-27-37(43)39(47(58)36-19-14-24-56(7)46(36)33(4)66-9)29-53(5,6)31-67-51(64)40-20-15-26-60(55-40)48(62)38(28-44-54-41(35)30-68-44)50-61(69-50)49(63)45(32(2)3)57(8)52(65)59-25-16-21-42(59)34-17-12-11-13-18-34/h11-14,17-19,22-23,27,30,32-33,38,40,42,45,50,55H,10,15-16,20-21,24-26,28-29,31H2,1-9H3/t33-,38-,40-,42-,45-,50?,61?/m0/s1. The highest BCUT2D eigenvalue weighted by Gasteiger charge is 2.53. The smallest absolute Gasteiger partial charge is 0.324 e. The molecule has 6 bridgehead atoms. The molecular weight excluding hydrogens is 905 g/mol. The van der Waals surface area contributed by atoms with Gasteiger partial charge in [-0.2, -0.15) is 0 Å². The molecule has 0 spiro atoms. The Morgan fingerprint density at radius 2 is 1.84 bits per heavy atom. The molecule has 6 atom stereocenters. The Labute approximate surface area is 413 Å².